The summed E-state index contributed by atoms with van der Waals surface area (Å²) in [5.41, 5.74) is 0.993. The summed E-state index contributed by atoms with van der Waals surface area (Å²) < 4.78 is 5.41. The van der Waals surface area contributed by atoms with Gasteiger partial charge in [-0.25, -0.2) is 4.79 Å². The maximum absolute atomic E-state index is 10.1. The number of rotatable bonds is 1. The normalized spacial score (nSPS) is 19.1. The predicted molar refractivity (Wildman–Crippen MR) is 52.6 cm³/mol. The zero-order chi connectivity index (χ0) is 9.97. The summed E-state index contributed by atoms with van der Waals surface area (Å²) in [6.07, 6.45) is 2.23. The van der Waals surface area contributed by atoms with Crippen LogP contribution in [0.4, 0.5) is 0 Å². The molecule has 0 spiro atoms. The molecule has 0 saturated carbocycles. The van der Waals surface area contributed by atoms with Crippen molar-refractivity contribution >= 4 is 17.7 Å². The Hall–Kier alpha value is -1.31. The van der Waals surface area contributed by atoms with Crippen molar-refractivity contribution in [3.8, 4) is 5.75 Å². The van der Waals surface area contributed by atoms with E-state index in [1.54, 1.807) is 12.1 Å². The molecule has 1 aliphatic heterocycles. The third-order valence-electron chi connectivity index (χ3n) is 2.16. The third-order valence-corrected chi connectivity index (χ3v) is 2.46. The van der Waals surface area contributed by atoms with E-state index in [0.29, 0.717) is 23.8 Å². The molecule has 0 bridgehead atoms. The molecule has 0 saturated heterocycles. The van der Waals surface area contributed by atoms with E-state index in [1.807, 2.05) is 12.1 Å². The Kier molecular flexibility index (Phi) is 2.53. The minimum atomic E-state index is -0.126. The molecule has 1 unspecified atom stereocenters. The number of fused-ring (bicyclic) bond motifs is 1. The fraction of sp³-hybridized carbons (Fsp3) is 0.300. The number of para-hydroxylation sites is 1. The number of hydrogen-bond donors (Lipinski definition) is 0. The van der Waals surface area contributed by atoms with Gasteiger partial charge in [0, 0.05) is 6.42 Å². The molecule has 2 rings (SSSR count). The van der Waals surface area contributed by atoms with Gasteiger partial charge in [-0.3, -0.25) is 0 Å². The molecular weight excluding hydrogens is 202 g/mol. The van der Waals surface area contributed by atoms with Crippen molar-refractivity contribution in [3.05, 3.63) is 28.8 Å². The third kappa shape index (κ3) is 1.65. The first-order valence-corrected chi connectivity index (χ1v) is 4.66. The van der Waals surface area contributed by atoms with Crippen LogP contribution in [0.1, 0.15) is 5.56 Å². The molecule has 1 aromatic rings. The lowest BCUT2D eigenvalue weighted by Gasteiger charge is -2.22. The Morgan fingerprint density at radius 2 is 2.43 bits per heavy atom. The van der Waals surface area contributed by atoms with Crippen LogP contribution in [0.15, 0.2) is 23.2 Å². The van der Waals surface area contributed by atoms with E-state index in [1.165, 1.54) is 0 Å². The van der Waals surface area contributed by atoms with Crippen LogP contribution in [0.3, 0.4) is 0 Å². The number of ether oxygens (including phenoxy) is 1. The Labute approximate surface area is 86.4 Å². The molecule has 1 atom stereocenters. The summed E-state index contributed by atoms with van der Waals surface area (Å²) in [6, 6.07) is 5.44. The second kappa shape index (κ2) is 3.82. The Morgan fingerprint density at radius 1 is 1.57 bits per heavy atom. The first-order valence-electron chi connectivity index (χ1n) is 4.28. The van der Waals surface area contributed by atoms with Crippen molar-refractivity contribution in [2.24, 2.45) is 4.99 Å². The fourth-order valence-electron chi connectivity index (χ4n) is 1.53. The minimum Gasteiger partial charge on any atom is -0.489 e. The molecule has 1 aromatic carbocycles. The van der Waals surface area contributed by atoms with E-state index in [-0.39, 0.29) is 6.04 Å². The molecule has 0 radical (unpaired) electrons. The van der Waals surface area contributed by atoms with Gasteiger partial charge in [-0.05, 0) is 11.6 Å². The number of nitrogens with zero attached hydrogens (tertiary/aromatic N) is 1. The van der Waals surface area contributed by atoms with Crippen molar-refractivity contribution < 1.29 is 9.53 Å². The number of hydrogen-bond acceptors (Lipinski definition) is 3. The predicted octanol–water partition coefficient (Wildman–Crippen LogP) is 1.98. The molecule has 1 heterocycles. The minimum absolute atomic E-state index is 0.126. The van der Waals surface area contributed by atoms with Crippen LogP contribution >= 0.6 is 11.6 Å². The quantitative estimate of drug-likeness (QED) is 0.524. The zero-order valence-corrected chi connectivity index (χ0v) is 8.12. The number of aliphatic imine (C=N–C) groups is 1. The summed E-state index contributed by atoms with van der Waals surface area (Å²) in [7, 11) is 0. The lowest BCUT2D eigenvalue weighted by Crippen LogP contribution is -2.24. The van der Waals surface area contributed by atoms with Gasteiger partial charge < -0.3 is 4.74 Å². The van der Waals surface area contributed by atoms with E-state index in [4.69, 9.17) is 16.3 Å². The maximum Gasteiger partial charge on any atom is 0.235 e. The molecule has 4 heteroatoms. The van der Waals surface area contributed by atoms with Crippen molar-refractivity contribution in [2.45, 2.75) is 12.5 Å². The number of carbonyl (C=O) groups excluding carboxylic acids is 1. The van der Waals surface area contributed by atoms with Gasteiger partial charge in [-0.1, -0.05) is 23.7 Å². The average Bonchev–Trinajstić information content (AvgIpc) is 2.18. The maximum atomic E-state index is 10.1. The molecule has 0 aromatic heterocycles. The topological polar surface area (TPSA) is 38.7 Å². The number of benzene rings is 1. The van der Waals surface area contributed by atoms with E-state index in [2.05, 4.69) is 4.99 Å². The van der Waals surface area contributed by atoms with E-state index in [9.17, 15) is 4.79 Å². The Morgan fingerprint density at radius 3 is 3.21 bits per heavy atom. The largest absolute Gasteiger partial charge is 0.489 e. The molecule has 0 N–H and O–H groups in total. The second-order valence-corrected chi connectivity index (χ2v) is 3.52. The Balaban J connectivity index is 2.31. The van der Waals surface area contributed by atoms with Gasteiger partial charge in [0.15, 0.2) is 0 Å². The lowest BCUT2D eigenvalue weighted by molar-refractivity contribution is 0.264. The Bertz CT molecular complexity index is 399. The summed E-state index contributed by atoms with van der Waals surface area (Å²) in [6.45, 7) is 0.395. The molecular formula is C10H8ClNO2. The van der Waals surface area contributed by atoms with Crippen LogP contribution in [-0.4, -0.2) is 18.7 Å². The summed E-state index contributed by atoms with van der Waals surface area (Å²) in [5, 5.41) is 0.607. The van der Waals surface area contributed by atoms with E-state index >= 15 is 0 Å². The molecule has 0 fully saturated rings. The van der Waals surface area contributed by atoms with Gasteiger partial charge in [0.05, 0.1) is 5.02 Å². The first kappa shape index (κ1) is 9.25. The van der Waals surface area contributed by atoms with Crippen LogP contribution in [0.5, 0.6) is 5.75 Å². The van der Waals surface area contributed by atoms with E-state index < -0.39 is 0 Å². The highest BCUT2D eigenvalue weighted by molar-refractivity contribution is 6.32. The van der Waals surface area contributed by atoms with Gasteiger partial charge in [0.2, 0.25) is 6.08 Å². The van der Waals surface area contributed by atoms with Gasteiger partial charge in [-0.2, -0.15) is 4.99 Å². The first-order chi connectivity index (χ1) is 6.81. The molecule has 3 nitrogen and oxygen atoms in total. The van der Waals surface area contributed by atoms with Gasteiger partial charge in [0.1, 0.15) is 18.4 Å². The summed E-state index contributed by atoms with van der Waals surface area (Å²) in [4.78, 5) is 13.7. The van der Waals surface area contributed by atoms with E-state index in [0.717, 1.165) is 5.56 Å². The van der Waals surface area contributed by atoms with Crippen LogP contribution in [0.25, 0.3) is 0 Å². The van der Waals surface area contributed by atoms with Crippen LogP contribution in [0.2, 0.25) is 5.02 Å². The molecule has 1 aliphatic rings. The van der Waals surface area contributed by atoms with Crippen LogP contribution in [-0.2, 0) is 11.2 Å². The van der Waals surface area contributed by atoms with Crippen LogP contribution in [0, 0.1) is 0 Å². The SMILES string of the molecule is O=C=NC1COc2c(Cl)cccc2C1. The van der Waals surface area contributed by atoms with Gasteiger partial charge in [-0.15, -0.1) is 0 Å². The lowest BCUT2D eigenvalue weighted by atomic mass is 10.0. The van der Waals surface area contributed by atoms with Crippen molar-refractivity contribution in [3.63, 3.8) is 0 Å². The highest BCUT2D eigenvalue weighted by Gasteiger charge is 2.20. The van der Waals surface area contributed by atoms with Gasteiger partial charge in [0.25, 0.3) is 0 Å². The fourth-order valence-corrected chi connectivity index (χ4v) is 1.77. The standard InChI is InChI=1S/C10H8ClNO2/c11-9-3-1-2-7-4-8(12-6-13)5-14-10(7)9/h1-3,8H,4-5H2. The average molecular weight is 210 g/mol. The summed E-state index contributed by atoms with van der Waals surface area (Å²) >= 11 is 5.93. The molecule has 0 amide bonds. The van der Waals surface area contributed by atoms with Gasteiger partial charge >= 0.3 is 0 Å². The number of halogens is 1. The van der Waals surface area contributed by atoms with Crippen molar-refractivity contribution in [1.82, 2.24) is 0 Å². The molecule has 14 heavy (non-hydrogen) atoms. The highest BCUT2D eigenvalue weighted by Crippen LogP contribution is 2.32. The molecule has 0 aliphatic carbocycles. The highest BCUT2D eigenvalue weighted by atomic mass is 35.5. The zero-order valence-electron chi connectivity index (χ0n) is 7.37. The smallest absolute Gasteiger partial charge is 0.235 e. The molecule has 72 valence electrons. The van der Waals surface area contributed by atoms with Crippen molar-refractivity contribution in [1.29, 1.82) is 0 Å². The number of isocyanates is 1. The second-order valence-electron chi connectivity index (χ2n) is 3.12. The monoisotopic (exact) mass is 209 g/mol. The summed E-state index contributed by atoms with van der Waals surface area (Å²) in [5.74, 6) is 0.714. The van der Waals surface area contributed by atoms with Crippen molar-refractivity contribution in [2.75, 3.05) is 6.61 Å². The van der Waals surface area contributed by atoms with Crippen LogP contribution < -0.4 is 4.74 Å².